The summed E-state index contributed by atoms with van der Waals surface area (Å²) in [6.45, 7) is 1.85. The molecule has 12 heteroatoms. The summed E-state index contributed by atoms with van der Waals surface area (Å²) in [7, 11) is 3.19. The summed E-state index contributed by atoms with van der Waals surface area (Å²) in [6, 6.07) is 6.16. The molecule has 35 heavy (non-hydrogen) atoms. The number of fused-ring (bicyclic) bond motifs is 4. The second-order valence-corrected chi connectivity index (χ2v) is 9.42. The number of morpholine rings is 1. The van der Waals surface area contributed by atoms with Crippen molar-refractivity contribution in [3.05, 3.63) is 36.4 Å². The van der Waals surface area contributed by atoms with Crippen molar-refractivity contribution in [3.63, 3.8) is 0 Å². The number of nitrogens with zero attached hydrogens (tertiary/aromatic N) is 5. The maximum atomic E-state index is 6.14. The lowest BCUT2D eigenvalue weighted by molar-refractivity contribution is -0.134. The molecule has 0 amide bonds. The number of anilines is 1. The van der Waals surface area contributed by atoms with Gasteiger partial charge < -0.3 is 32.7 Å². The predicted octanol–water partition coefficient (Wildman–Crippen LogP) is 3.77. The Labute approximate surface area is 202 Å². The van der Waals surface area contributed by atoms with Gasteiger partial charge in [-0.25, -0.2) is 9.50 Å². The SMILES string of the molecule is COc1cc(OCc2coc(N3CC4CC(C3)O4)n2)c2cc(-c3cn4nc(OC)sc4n3)oc2c1. The van der Waals surface area contributed by atoms with Crippen molar-refractivity contribution in [3.8, 4) is 28.1 Å². The van der Waals surface area contributed by atoms with E-state index < -0.39 is 0 Å². The average Bonchev–Trinajstić information content (AvgIpc) is 3.64. The molecule has 3 saturated heterocycles. The van der Waals surface area contributed by atoms with Crippen molar-refractivity contribution in [2.24, 2.45) is 0 Å². The van der Waals surface area contributed by atoms with Gasteiger partial charge in [-0.2, -0.15) is 4.98 Å². The molecule has 3 aliphatic rings. The molecule has 11 nitrogen and oxygen atoms in total. The molecule has 4 aromatic heterocycles. The van der Waals surface area contributed by atoms with Crippen molar-refractivity contribution >= 4 is 33.3 Å². The van der Waals surface area contributed by atoms with Crippen LogP contribution in [0.25, 0.3) is 27.4 Å². The van der Waals surface area contributed by atoms with E-state index in [0.717, 1.165) is 24.9 Å². The van der Waals surface area contributed by atoms with Crippen LogP contribution in [0.2, 0.25) is 0 Å². The third kappa shape index (κ3) is 3.56. The van der Waals surface area contributed by atoms with Gasteiger partial charge in [-0.3, -0.25) is 0 Å². The smallest absolute Gasteiger partial charge is 0.297 e. The van der Waals surface area contributed by atoms with E-state index in [0.29, 0.717) is 50.4 Å². The number of hydrogen-bond donors (Lipinski definition) is 0. The van der Waals surface area contributed by atoms with Gasteiger partial charge in [0.15, 0.2) is 5.76 Å². The number of oxazole rings is 1. The number of rotatable bonds is 7. The van der Waals surface area contributed by atoms with E-state index in [4.69, 9.17) is 27.8 Å². The molecular weight excluding hydrogens is 474 g/mol. The Morgan fingerprint density at radius 3 is 2.74 bits per heavy atom. The zero-order valence-electron chi connectivity index (χ0n) is 19.0. The van der Waals surface area contributed by atoms with E-state index in [9.17, 15) is 0 Å². The normalized spacial score (nSPS) is 19.3. The number of aromatic nitrogens is 4. The van der Waals surface area contributed by atoms with Crippen molar-refractivity contribution in [2.75, 3.05) is 32.2 Å². The number of benzene rings is 1. The molecule has 0 saturated carbocycles. The first-order valence-electron chi connectivity index (χ1n) is 11.1. The van der Waals surface area contributed by atoms with Crippen LogP contribution in [-0.4, -0.2) is 59.1 Å². The minimum atomic E-state index is 0.243. The lowest BCUT2D eigenvalue weighted by Crippen LogP contribution is -2.57. The van der Waals surface area contributed by atoms with Crippen molar-refractivity contribution in [1.29, 1.82) is 0 Å². The highest BCUT2D eigenvalue weighted by atomic mass is 32.1. The van der Waals surface area contributed by atoms with Crippen molar-refractivity contribution in [1.82, 2.24) is 19.6 Å². The van der Waals surface area contributed by atoms with E-state index in [1.165, 1.54) is 11.3 Å². The molecular formula is C23H21N5O6S. The monoisotopic (exact) mass is 495 g/mol. The Bertz CT molecular complexity index is 1490. The largest absolute Gasteiger partial charge is 0.496 e. The number of ether oxygens (including phenoxy) is 4. The molecule has 3 fully saturated rings. The maximum absolute atomic E-state index is 6.14. The third-order valence-electron chi connectivity index (χ3n) is 6.20. The van der Waals surface area contributed by atoms with Crippen LogP contribution < -0.4 is 19.1 Å². The van der Waals surface area contributed by atoms with Gasteiger partial charge >= 0.3 is 0 Å². The molecule has 0 aliphatic carbocycles. The number of furan rings is 1. The summed E-state index contributed by atoms with van der Waals surface area (Å²) >= 11 is 1.36. The van der Waals surface area contributed by atoms with Crippen molar-refractivity contribution in [2.45, 2.75) is 25.2 Å². The number of imidazole rings is 1. The summed E-state index contributed by atoms with van der Waals surface area (Å²) in [6.07, 6.45) is 5.12. The van der Waals surface area contributed by atoms with Crippen LogP contribution in [0.3, 0.4) is 0 Å². The van der Waals surface area contributed by atoms with E-state index in [-0.39, 0.29) is 18.8 Å². The summed E-state index contributed by atoms with van der Waals surface area (Å²) < 4.78 is 35.9. The Morgan fingerprint density at radius 2 is 1.97 bits per heavy atom. The fraction of sp³-hybridized carbons (Fsp3) is 0.348. The molecule has 3 aliphatic heterocycles. The quantitative estimate of drug-likeness (QED) is 0.331. The zero-order chi connectivity index (χ0) is 23.5. The van der Waals surface area contributed by atoms with Gasteiger partial charge in [0.2, 0.25) is 4.96 Å². The van der Waals surface area contributed by atoms with Gasteiger partial charge in [-0.1, -0.05) is 0 Å². The van der Waals surface area contributed by atoms with Crippen LogP contribution in [0.15, 0.2) is 39.5 Å². The van der Waals surface area contributed by atoms with Crippen LogP contribution in [0.1, 0.15) is 12.1 Å². The molecule has 0 radical (unpaired) electrons. The second-order valence-electron chi connectivity index (χ2n) is 8.50. The first-order valence-corrected chi connectivity index (χ1v) is 12.0. The number of hydrogen-bond acceptors (Lipinski definition) is 11. The Morgan fingerprint density at radius 1 is 1.11 bits per heavy atom. The molecule has 5 aromatic rings. The van der Waals surface area contributed by atoms with E-state index in [2.05, 4.69) is 20.0 Å². The lowest BCUT2D eigenvalue weighted by Gasteiger charge is -2.46. The molecule has 2 bridgehead atoms. The standard InChI is InChI=1S/C23H21N5O6S/c1-29-13-4-18(31-10-12-11-32-21(24-12)27-7-14-3-15(8-27)33-14)16-6-20(34-19(16)5-13)17-9-28-22(25-17)35-23(26-28)30-2/h4-6,9,11,14-15H,3,7-8,10H2,1-2H3. The Balaban J connectivity index is 1.14. The van der Waals surface area contributed by atoms with Crippen LogP contribution >= 0.6 is 11.3 Å². The summed E-state index contributed by atoms with van der Waals surface area (Å²) in [5.41, 5.74) is 2.00. The van der Waals surface area contributed by atoms with Crippen LogP contribution in [-0.2, 0) is 11.3 Å². The minimum absolute atomic E-state index is 0.243. The Kier molecular flexibility index (Phi) is 4.64. The average molecular weight is 496 g/mol. The molecule has 2 unspecified atom stereocenters. The van der Waals surface area contributed by atoms with E-state index in [1.54, 1.807) is 31.2 Å². The highest BCUT2D eigenvalue weighted by Crippen LogP contribution is 2.38. The third-order valence-corrected chi connectivity index (χ3v) is 7.09. The molecule has 2 atom stereocenters. The van der Waals surface area contributed by atoms with E-state index >= 15 is 0 Å². The predicted molar refractivity (Wildman–Crippen MR) is 126 cm³/mol. The number of piperidine rings is 1. The van der Waals surface area contributed by atoms with Crippen molar-refractivity contribution < 1.29 is 27.8 Å². The Hall–Kier alpha value is -3.77. The first-order chi connectivity index (χ1) is 17.1. The molecule has 1 aromatic carbocycles. The van der Waals surface area contributed by atoms with Gasteiger partial charge in [-0.15, -0.1) is 5.10 Å². The minimum Gasteiger partial charge on any atom is -0.496 e. The highest BCUT2D eigenvalue weighted by Gasteiger charge is 2.39. The van der Waals surface area contributed by atoms with Gasteiger partial charge in [0, 0.05) is 31.6 Å². The van der Waals surface area contributed by atoms with Gasteiger partial charge in [0.25, 0.3) is 11.2 Å². The fourth-order valence-electron chi connectivity index (χ4n) is 4.50. The maximum Gasteiger partial charge on any atom is 0.297 e. The van der Waals surface area contributed by atoms with Crippen LogP contribution in [0, 0.1) is 0 Å². The molecule has 0 N–H and O–H groups in total. The molecule has 7 heterocycles. The summed E-state index contributed by atoms with van der Waals surface area (Å²) in [5, 5.41) is 5.67. The lowest BCUT2D eigenvalue weighted by atomic mass is 9.99. The summed E-state index contributed by atoms with van der Waals surface area (Å²) in [4.78, 5) is 12.0. The zero-order valence-corrected chi connectivity index (χ0v) is 19.8. The first kappa shape index (κ1) is 20.6. The fourth-order valence-corrected chi connectivity index (χ4v) is 5.20. The number of methoxy groups -OCH3 is 2. The topological polar surface area (TPSA) is 110 Å². The summed E-state index contributed by atoms with van der Waals surface area (Å²) in [5.74, 6) is 1.84. The molecule has 180 valence electrons. The van der Waals surface area contributed by atoms with Gasteiger partial charge in [0.1, 0.15) is 41.3 Å². The molecule has 0 spiro atoms. The van der Waals surface area contributed by atoms with Crippen LogP contribution in [0.4, 0.5) is 6.01 Å². The van der Waals surface area contributed by atoms with Gasteiger partial charge in [0.05, 0.1) is 38.0 Å². The van der Waals surface area contributed by atoms with E-state index in [1.807, 2.05) is 18.2 Å². The highest BCUT2D eigenvalue weighted by molar-refractivity contribution is 7.18. The second kappa shape index (κ2) is 7.89. The van der Waals surface area contributed by atoms with Gasteiger partial charge in [-0.05, 0) is 17.4 Å². The molecule has 8 rings (SSSR count). The van der Waals surface area contributed by atoms with Crippen LogP contribution in [0.5, 0.6) is 16.7 Å².